The molecule has 0 aliphatic rings. The van der Waals surface area contributed by atoms with Crippen LogP contribution >= 0.6 is 0 Å². The predicted molar refractivity (Wildman–Crippen MR) is 142 cm³/mol. The normalized spacial score (nSPS) is 12.0. The number of hydrogen-bond acceptors (Lipinski definition) is 2. The maximum Gasteiger partial charge on any atom is 0.337 e. The highest BCUT2D eigenvalue weighted by atomic mass is 28.4. The van der Waals surface area contributed by atoms with Gasteiger partial charge in [0.25, 0.3) is 0 Å². The van der Waals surface area contributed by atoms with E-state index in [1.807, 2.05) is 0 Å². The van der Waals surface area contributed by atoms with Crippen molar-refractivity contribution < 1.29 is 8.85 Å². The van der Waals surface area contributed by atoms with Crippen LogP contribution in [0.3, 0.4) is 0 Å². The fourth-order valence-electron chi connectivity index (χ4n) is 4.44. The molecule has 2 nitrogen and oxygen atoms in total. The Morgan fingerprint density at radius 3 is 1.00 bits per heavy atom. The zero-order chi connectivity index (χ0) is 22.9. The van der Waals surface area contributed by atoms with Crippen LogP contribution in [0.2, 0.25) is 12.1 Å². The van der Waals surface area contributed by atoms with Gasteiger partial charge in [-0.25, -0.2) is 0 Å². The average molecular weight is 457 g/mol. The van der Waals surface area contributed by atoms with Crippen molar-refractivity contribution >= 4 is 8.56 Å². The lowest BCUT2D eigenvalue weighted by atomic mass is 10.0. The van der Waals surface area contributed by atoms with Crippen LogP contribution in [0.5, 0.6) is 0 Å². The van der Waals surface area contributed by atoms with Crippen LogP contribution in [0.4, 0.5) is 0 Å². The second kappa shape index (κ2) is 24.8. The minimum Gasteiger partial charge on any atom is -0.394 e. The second-order valence-corrected chi connectivity index (χ2v) is 13.3. The SMILES string of the molecule is CCCCCCCCCCCCCCCCCCCC[Si](CC)(OCCC)OCCC. The van der Waals surface area contributed by atoms with Crippen molar-refractivity contribution in [3.05, 3.63) is 0 Å². The monoisotopic (exact) mass is 456 g/mol. The van der Waals surface area contributed by atoms with Gasteiger partial charge in [0.05, 0.1) is 0 Å². The van der Waals surface area contributed by atoms with Gasteiger partial charge in [-0.15, -0.1) is 0 Å². The van der Waals surface area contributed by atoms with Crippen LogP contribution in [-0.2, 0) is 8.85 Å². The molecule has 31 heavy (non-hydrogen) atoms. The van der Waals surface area contributed by atoms with Gasteiger partial charge in [-0.05, 0) is 24.9 Å². The van der Waals surface area contributed by atoms with E-state index in [0.29, 0.717) is 0 Å². The van der Waals surface area contributed by atoms with Crippen LogP contribution in [0, 0.1) is 0 Å². The van der Waals surface area contributed by atoms with Crippen LogP contribution in [0.1, 0.15) is 156 Å². The summed E-state index contributed by atoms with van der Waals surface area (Å²) < 4.78 is 12.6. The Hall–Kier alpha value is 0.137. The van der Waals surface area contributed by atoms with Gasteiger partial charge in [0.15, 0.2) is 0 Å². The molecule has 0 atom stereocenters. The highest BCUT2D eigenvalue weighted by Gasteiger charge is 2.34. The van der Waals surface area contributed by atoms with Gasteiger partial charge in [0, 0.05) is 13.2 Å². The summed E-state index contributed by atoms with van der Waals surface area (Å²) in [7, 11) is -1.92. The number of rotatable bonds is 26. The third-order valence-electron chi connectivity index (χ3n) is 6.59. The highest BCUT2D eigenvalue weighted by molar-refractivity contribution is 6.67. The van der Waals surface area contributed by atoms with E-state index in [1.54, 1.807) is 0 Å². The standard InChI is InChI=1S/C28H60O2Si/c1-5-9-10-11-12-13-14-15-16-17-18-19-20-21-22-23-24-25-28-31(8-4,29-26-6-2)30-27-7-3/h5-28H2,1-4H3. The largest absolute Gasteiger partial charge is 0.394 e. The van der Waals surface area contributed by atoms with E-state index in [9.17, 15) is 0 Å². The van der Waals surface area contributed by atoms with E-state index in [1.165, 1.54) is 122 Å². The topological polar surface area (TPSA) is 18.5 Å². The molecule has 0 unspecified atom stereocenters. The summed E-state index contributed by atoms with van der Waals surface area (Å²) in [5.41, 5.74) is 0. The lowest BCUT2D eigenvalue weighted by Gasteiger charge is -2.29. The van der Waals surface area contributed by atoms with Gasteiger partial charge in [0.2, 0.25) is 0 Å². The molecule has 0 saturated carbocycles. The van der Waals surface area contributed by atoms with E-state index in [-0.39, 0.29) is 0 Å². The molecule has 0 aliphatic carbocycles. The second-order valence-electron chi connectivity index (χ2n) is 9.72. The zero-order valence-corrected chi connectivity index (χ0v) is 23.3. The molecule has 0 N–H and O–H groups in total. The van der Waals surface area contributed by atoms with Crippen molar-refractivity contribution in [2.24, 2.45) is 0 Å². The summed E-state index contributed by atoms with van der Waals surface area (Å²) in [6.07, 6.45) is 28.0. The molecular weight excluding hydrogens is 396 g/mol. The Morgan fingerprint density at radius 2 is 0.710 bits per heavy atom. The molecule has 0 heterocycles. The summed E-state index contributed by atoms with van der Waals surface area (Å²) in [5, 5.41) is 0. The maximum absolute atomic E-state index is 6.28. The molecule has 0 rings (SSSR count). The van der Waals surface area contributed by atoms with E-state index in [4.69, 9.17) is 8.85 Å². The summed E-state index contributed by atoms with van der Waals surface area (Å²) in [5.74, 6) is 0. The number of hydrogen-bond donors (Lipinski definition) is 0. The van der Waals surface area contributed by atoms with Gasteiger partial charge in [-0.3, -0.25) is 0 Å². The fraction of sp³-hybridized carbons (Fsp3) is 1.00. The van der Waals surface area contributed by atoms with Crippen molar-refractivity contribution in [2.75, 3.05) is 13.2 Å². The fourth-order valence-corrected chi connectivity index (χ4v) is 7.51. The minimum absolute atomic E-state index is 0.878. The van der Waals surface area contributed by atoms with Crippen molar-refractivity contribution in [1.82, 2.24) is 0 Å². The number of unbranched alkanes of at least 4 members (excludes halogenated alkanes) is 17. The van der Waals surface area contributed by atoms with Crippen molar-refractivity contribution in [3.63, 3.8) is 0 Å². The molecule has 0 spiro atoms. The van der Waals surface area contributed by atoms with Crippen molar-refractivity contribution in [3.8, 4) is 0 Å². The minimum atomic E-state index is -1.92. The Kier molecular flexibility index (Phi) is 24.9. The predicted octanol–water partition coefficient (Wildman–Crippen LogP) is 10.3. The highest BCUT2D eigenvalue weighted by Crippen LogP contribution is 2.24. The van der Waals surface area contributed by atoms with Crippen LogP contribution in [0.25, 0.3) is 0 Å². The molecule has 0 aromatic heterocycles. The molecule has 0 aromatic carbocycles. The molecule has 0 amide bonds. The Morgan fingerprint density at radius 1 is 0.387 bits per heavy atom. The molecule has 0 saturated heterocycles. The molecule has 0 bridgehead atoms. The Bertz CT molecular complexity index is 327. The van der Waals surface area contributed by atoms with Crippen LogP contribution in [-0.4, -0.2) is 21.8 Å². The Labute approximate surface area is 198 Å². The molecule has 0 aliphatic heterocycles. The maximum atomic E-state index is 6.28. The molecule has 0 radical (unpaired) electrons. The van der Waals surface area contributed by atoms with Gasteiger partial charge in [0.1, 0.15) is 0 Å². The van der Waals surface area contributed by atoms with E-state index in [0.717, 1.165) is 32.1 Å². The molecule has 0 fully saturated rings. The quantitative estimate of drug-likeness (QED) is 0.0951. The average Bonchev–Trinajstić information content (AvgIpc) is 2.79. The first kappa shape index (κ1) is 31.1. The zero-order valence-electron chi connectivity index (χ0n) is 22.3. The molecular formula is C28H60O2Si. The Balaban J connectivity index is 3.46. The van der Waals surface area contributed by atoms with Gasteiger partial charge < -0.3 is 8.85 Å². The summed E-state index contributed by atoms with van der Waals surface area (Å²) in [6.45, 7) is 10.7. The van der Waals surface area contributed by atoms with E-state index in [2.05, 4.69) is 27.7 Å². The van der Waals surface area contributed by atoms with E-state index >= 15 is 0 Å². The first-order valence-electron chi connectivity index (χ1n) is 14.5. The van der Waals surface area contributed by atoms with E-state index < -0.39 is 8.56 Å². The lowest BCUT2D eigenvalue weighted by Crippen LogP contribution is -2.42. The first-order valence-corrected chi connectivity index (χ1v) is 16.8. The first-order chi connectivity index (χ1) is 15.2. The smallest absolute Gasteiger partial charge is 0.337 e. The summed E-state index contributed by atoms with van der Waals surface area (Å²) in [6, 6.07) is 2.30. The summed E-state index contributed by atoms with van der Waals surface area (Å²) in [4.78, 5) is 0. The molecule has 3 heteroatoms. The van der Waals surface area contributed by atoms with Gasteiger partial charge >= 0.3 is 8.56 Å². The lowest BCUT2D eigenvalue weighted by molar-refractivity contribution is 0.167. The molecule has 0 aromatic rings. The van der Waals surface area contributed by atoms with Crippen LogP contribution in [0.15, 0.2) is 0 Å². The third-order valence-corrected chi connectivity index (χ3v) is 10.2. The summed E-state index contributed by atoms with van der Waals surface area (Å²) >= 11 is 0. The van der Waals surface area contributed by atoms with Crippen LogP contribution < -0.4 is 0 Å². The van der Waals surface area contributed by atoms with Gasteiger partial charge in [-0.2, -0.15) is 0 Å². The van der Waals surface area contributed by atoms with Gasteiger partial charge in [-0.1, -0.05) is 143 Å². The molecule has 188 valence electrons. The third kappa shape index (κ3) is 20.5. The van der Waals surface area contributed by atoms with Crippen molar-refractivity contribution in [2.45, 2.75) is 168 Å². The van der Waals surface area contributed by atoms with Crippen molar-refractivity contribution in [1.29, 1.82) is 0 Å².